The highest BCUT2D eigenvalue weighted by Gasteiger charge is 2.17. The van der Waals surface area contributed by atoms with Gasteiger partial charge in [-0.05, 0) is 50.1 Å². The molecule has 1 aromatic carbocycles. The number of benzene rings is 1. The number of sulfonamides is 1. The zero-order chi connectivity index (χ0) is 13.7. The van der Waals surface area contributed by atoms with Crippen LogP contribution in [0.1, 0.15) is 19.3 Å². The molecule has 2 rings (SSSR count). The number of ether oxygens (including phenoxy) is 1. The molecule has 1 fully saturated rings. The summed E-state index contributed by atoms with van der Waals surface area (Å²) in [4.78, 5) is 0.271. The van der Waals surface area contributed by atoms with E-state index in [4.69, 9.17) is 4.74 Å². The minimum atomic E-state index is -3.41. The number of methoxy groups -OCH3 is 1. The number of halogens is 1. The molecule has 1 aliphatic heterocycles. The van der Waals surface area contributed by atoms with Crippen molar-refractivity contribution >= 4 is 22.4 Å². The van der Waals surface area contributed by atoms with Crippen molar-refractivity contribution in [2.24, 2.45) is 0 Å². The molecule has 0 saturated carbocycles. The molecule has 1 heterocycles. The van der Waals surface area contributed by atoms with Crippen molar-refractivity contribution < 1.29 is 13.2 Å². The molecule has 114 valence electrons. The lowest BCUT2D eigenvalue weighted by molar-refractivity contribution is 0.414. The summed E-state index contributed by atoms with van der Waals surface area (Å²) in [6.07, 6.45) is 3.13. The van der Waals surface area contributed by atoms with E-state index >= 15 is 0 Å². The summed E-state index contributed by atoms with van der Waals surface area (Å²) < 4.78 is 31.7. The van der Waals surface area contributed by atoms with Crippen molar-refractivity contribution in [1.82, 2.24) is 10.0 Å². The van der Waals surface area contributed by atoms with Crippen LogP contribution in [0, 0.1) is 0 Å². The predicted molar refractivity (Wildman–Crippen MR) is 81.1 cm³/mol. The van der Waals surface area contributed by atoms with E-state index in [1.54, 1.807) is 31.4 Å². The molecule has 0 aliphatic carbocycles. The molecule has 0 unspecified atom stereocenters. The number of rotatable bonds is 6. The summed E-state index contributed by atoms with van der Waals surface area (Å²) in [7, 11) is -1.86. The van der Waals surface area contributed by atoms with Crippen LogP contribution in [0.4, 0.5) is 0 Å². The van der Waals surface area contributed by atoms with E-state index in [2.05, 4.69) is 10.0 Å². The molecule has 1 saturated heterocycles. The van der Waals surface area contributed by atoms with Gasteiger partial charge in [0.05, 0.1) is 12.0 Å². The van der Waals surface area contributed by atoms with Crippen LogP contribution < -0.4 is 14.8 Å². The average Bonchev–Trinajstić information content (AvgIpc) is 2.92. The van der Waals surface area contributed by atoms with Crippen molar-refractivity contribution in [3.8, 4) is 5.75 Å². The topological polar surface area (TPSA) is 67.4 Å². The zero-order valence-corrected chi connectivity index (χ0v) is 13.1. The third-order valence-electron chi connectivity index (χ3n) is 3.32. The van der Waals surface area contributed by atoms with Gasteiger partial charge >= 0.3 is 0 Å². The first-order chi connectivity index (χ1) is 9.12. The normalized spacial score (nSPS) is 18.6. The smallest absolute Gasteiger partial charge is 0.240 e. The number of hydrogen-bond donors (Lipinski definition) is 2. The van der Waals surface area contributed by atoms with Crippen LogP contribution in [-0.4, -0.2) is 34.7 Å². The van der Waals surface area contributed by atoms with Gasteiger partial charge in [0.25, 0.3) is 0 Å². The highest BCUT2D eigenvalue weighted by Crippen LogP contribution is 2.15. The lowest BCUT2D eigenvalue weighted by Crippen LogP contribution is -2.30. The van der Waals surface area contributed by atoms with E-state index in [9.17, 15) is 8.42 Å². The Labute approximate surface area is 126 Å². The van der Waals surface area contributed by atoms with Crippen molar-refractivity contribution in [1.29, 1.82) is 0 Å². The Morgan fingerprint density at radius 2 is 2.05 bits per heavy atom. The van der Waals surface area contributed by atoms with Crippen LogP contribution in [0.5, 0.6) is 5.75 Å². The molecule has 0 bridgehead atoms. The second-order valence-electron chi connectivity index (χ2n) is 4.66. The maximum Gasteiger partial charge on any atom is 0.240 e. The van der Waals surface area contributed by atoms with Crippen LogP contribution in [0.15, 0.2) is 29.2 Å². The number of nitrogens with one attached hydrogen (secondary N) is 2. The van der Waals surface area contributed by atoms with Crippen LogP contribution in [0.25, 0.3) is 0 Å². The van der Waals surface area contributed by atoms with Crippen molar-refractivity contribution in [3.05, 3.63) is 24.3 Å². The largest absolute Gasteiger partial charge is 0.497 e. The average molecular weight is 321 g/mol. The maximum atomic E-state index is 12.0. The second-order valence-corrected chi connectivity index (χ2v) is 6.42. The molecule has 0 radical (unpaired) electrons. The molecule has 2 N–H and O–H groups in total. The lowest BCUT2D eigenvalue weighted by Gasteiger charge is -2.11. The molecule has 5 nitrogen and oxygen atoms in total. The third kappa shape index (κ3) is 4.63. The standard InChI is InChI=1S/C13H20N2O3S.ClH/c1-18-12-4-6-13(7-5-12)19(16,17)15-10-8-11-3-2-9-14-11;/h4-7,11,14-15H,2-3,8-10H2,1H3;1H/t11-;/m1./s1. The van der Waals surface area contributed by atoms with Crippen LogP contribution in [-0.2, 0) is 10.0 Å². The van der Waals surface area contributed by atoms with Crippen molar-refractivity contribution in [2.75, 3.05) is 20.2 Å². The van der Waals surface area contributed by atoms with Gasteiger partial charge < -0.3 is 10.1 Å². The van der Waals surface area contributed by atoms with Crippen molar-refractivity contribution in [2.45, 2.75) is 30.2 Å². The Balaban J connectivity index is 0.00000200. The molecule has 20 heavy (non-hydrogen) atoms. The monoisotopic (exact) mass is 320 g/mol. The van der Waals surface area contributed by atoms with Gasteiger partial charge in [-0.2, -0.15) is 0 Å². The summed E-state index contributed by atoms with van der Waals surface area (Å²) in [5.41, 5.74) is 0. The first-order valence-corrected chi connectivity index (χ1v) is 7.97. The fraction of sp³-hybridized carbons (Fsp3) is 0.538. The van der Waals surface area contributed by atoms with Gasteiger partial charge in [0.1, 0.15) is 5.75 Å². The highest BCUT2D eigenvalue weighted by atomic mass is 35.5. The Kier molecular flexibility index (Phi) is 6.75. The fourth-order valence-electron chi connectivity index (χ4n) is 2.21. The minimum Gasteiger partial charge on any atom is -0.497 e. The minimum absolute atomic E-state index is 0. The highest BCUT2D eigenvalue weighted by molar-refractivity contribution is 7.89. The van der Waals surface area contributed by atoms with E-state index in [1.807, 2.05) is 0 Å². The lowest BCUT2D eigenvalue weighted by atomic mass is 10.2. The van der Waals surface area contributed by atoms with Gasteiger partial charge in [0, 0.05) is 12.6 Å². The van der Waals surface area contributed by atoms with Gasteiger partial charge in [-0.3, -0.25) is 0 Å². The summed E-state index contributed by atoms with van der Waals surface area (Å²) in [6, 6.07) is 6.84. The Bertz CT molecular complexity index is 499. The van der Waals surface area contributed by atoms with Gasteiger partial charge in [0.2, 0.25) is 10.0 Å². The maximum absolute atomic E-state index is 12.0. The van der Waals surface area contributed by atoms with E-state index in [0.29, 0.717) is 18.3 Å². The van der Waals surface area contributed by atoms with Crippen molar-refractivity contribution in [3.63, 3.8) is 0 Å². The molecule has 0 aromatic heterocycles. The van der Waals surface area contributed by atoms with Gasteiger partial charge in [-0.25, -0.2) is 13.1 Å². The zero-order valence-electron chi connectivity index (χ0n) is 11.5. The summed E-state index contributed by atoms with van der Waals surface area (Å²) in [6.45, 7) is 1.50. The van der Waals surface area contributed by atoms with E-state index < -0.39 is 10.0 Å². The number of hydrogen-bond acceptors (Lipinski definition) is 4. The molecule has 7 heteroatoms. The summed E-state index contributed by atoms with van der Waals surface area (Å²) >= 11 is 0. The molecule has 0 spiro atoms. The van der Waals surface area contributed by atoms with E-state index in [-0.39, 0.29) is 17.3 Å². The van der Waals surface area contributed by atoms with E-state index in [0.717, 1.165) is 19.4 Å². The molecule has 1 atom stereocenters. The molecule has 1 aliphatic rings. The molecular weight excluding hydrogens is 300 g/mol. The first-order valence-electron chi connectivity index (χ1n) is 6.49. The molecule has 1 aromatic rings. The molecular formula is C13H21ClN2O3S. The Morgan fingerprint density at radius 3 is 2.60 bits per heavy atom. The molecule has 0 amide bonds. The van der Waals surface area contributed by atoms with E-state index in [1.165, 1.54) is 6.42 Å². The van der Waals surface area contributed by atoms with Gasteiger partial charge in [-0.15, -0.1) is 12.4 Å². The SMILES string of the molecule is COc1ccc(S(=O)(=O)NCC[C@H]2CCCN2)cc1.Cl. The third-order valence-corrected chi connectivity index (χ3v) is 4.79. The summed E-state index contributed by atoms with van der Waals surface area (Å²) in [5, 5.41) is 3.35. The first kappa shape index (κ1) is 17.2. The fourth-order valence-corrected chi connectivity index (χ4v) is 3.26. The Morgan fingerprint density at radius 1 is 1.35 bits per heavy atom. The summed E-state index contributed by atoms with van der Waals surface area (Å²) in [5.74, 6) is 0.647. The van der Waals surface area contributed by atoms with Gasteiger partial charge in [0.15, 0.2) is 0 Å². The Hall–Kier alpha value is -0.820. The quantitative estimate of drug-likeness (QED) is 0.834. The van der Waals surface area contributed by atoms with Crippen LogP contribution in [0.2, 0.25) is 0 Å². The van der Waals surface area contributed by atoms with Crippen LogP contribution >= 0.6 is 12.4 Å². The predicted octanol–water partition coefficient (Wildman–Crippen LogP) is 1.54. The van der Waals surface area contributed by atoms with Crippen LogP contribution in [0.3, 0.4) is 0 Å². The van der Waals surface area contributed by atoms with Gasteiger partial charge in [-0.1, -0.05) is 0 Å². The second kappa shape index (κ2) is 7.83.